The van der Waals surface area contributed by atoms with Crippen LogP contribution in [0.1, 0.15) is 76.8 Å². The molecular formula is C90H56O2. The number of benzene rings is 17. The van der Waals surface area contributed by atoms with Crippen molar-refractivity contribution in [3.63, 3.8) is 0 Å². The van der Waals surface area contributed by atoms with Crippen molar-refractivity contribution >= 4 is 109 Å². The van der Waals surface area contributed by atoms with Gasteiger partial charge in [-0.15, -0.1) is 0 Å². The van der Waals surface area contributed by atoms with Gasteiger partial charge in [0.2, 0.25) is 0 Å². The van der Waals surface area contributed by atoms with Crippen molar-refractivity contribution in [3.05, 3.63) is 338 Å². The predicted molar refractivity (Wildman–Crippen MR) is 391 cm³/mol. The molecule has 0 atom stereocenters. The molecule has 0 amide bonds. The van der Waals surface area contributed by atoms with Gasteiger partial charge in [0.15, 0.2) is 0 Å². The highest BCUT2D eigenvalue weighted by atomic mass is 16.3. The molecule has 0 aliphatic rings. The van der Waals surface area contributed by atoms with Crippen molar-refractivity contribution in [1.29, 1.82) is 0 Å². The average molecular weight is 1230 g/mol. The Morgan fingerprint density at radius 3 is 0.870 bits per heavy atom. The Balaban J connectivity index is 0.000000195. The van der Waals surface area contributed by atoms with Crippen molar-refractivity contribution in [3.8, 4) is 77.9 Å². The molecule has 2 aromatic heterocycles. The van der Waals surface area contributed by atoms with E-state index in [0.29, 0.717) is 0 Å². The first-order valence-corrected chi connectivity index (χ1v) is 27.1. The number of rotatable bonds is 7. The summed E-state index contributed by atoms with van der Waals surface area (Å²) in [6, 6.07) is -53.8. The Morgan fingerprint density at radius 1 is 0.185 bits per heavy atom. The average Bonchev–Trinajstić information content (AvgIpc) is 1.23. The van der Waals surface area contributed by atoms with Gasteiger partial charge in [0.1, 0.15) is 22.3 Å². The van der Waals surface area contributed by atoms with Gasteiger partial charge in [-0.25, -0.2) is 0 Å². The largest absolute Gasteiger partial charge is 0.455 e. The molecule has 428 valence electrons. The Bertz CT molecular complexity index is 9280. The van der Waals surface area contributed by atoms with Gasteiger partial charge in [-0.1, -0.05) is 296 Å². The van der Waals surface area contributed by atoms with E-state index in [1.54, 1.807) is 0 Å². The van der Waals surface area contributed by atoms with Crippen LogP contribution in [0.3, 0.4) is 0 Å². The molecule has 0 radical (unpaired) electrons. The molecule has 0 aliphatic carbocycles. The van der Waals surface area contributed by atoms with Crippen molar-refractivity contribution in [2.75, 3.05) is 0 Å². The fourth-order valence-electron chi connectivity index (χ4n) is 11.1. The molecule has 2 heteroatoms. The van der Waals surface area contributed by atoms with E-state index < -0.39 is 525 Å². The molecule has 19 rings (SSSR count). The Morgan fingerprint density at radius 2 is 0.478 bits per heavy atom. The third kappa shape index (κ3) is 8.72. The van der Waals surface area contributed by atoms with E-state index >= 15 is 0 Å². The summed E-state index contributed by atoms with van der Waals surface area (Å²) in [6.45, 7) is 0. The first-order valence-electron chi connectivity index (χ1n) is 55.1. The minimum atomic E-state index is -1.19. The second kappa shape index (κ2) is 21.9. The fraction of sp³-hybridized carbons (Fsp3) is 0. The molecule has 2 nitrogen and oxygen atoms in total. The van der Waals surface area contributed by atoms with Gasteiger partial charge in [0.05, 0.1) is 76.8 Å². The SMILES string of the molecule is [2H]c1c([2H])c([2H])c(-c2c([2H])c(-c3c([2H])c([2H])c([2H])c([2H])c3[2H])c([2H])c(-c3c4c([2H])c([2H])c([2H])c([2H])c4c(-c4c([2H])c([2H])c([2H])c5oc6c7c([2H])c([2H])c([2H])c([2H])c7c([2H])c([2H])c6c45)c4c([2H])c([2H])c([2H])c([2H])c34)c2[2H])c([2H])c1[2H].[2H]c1c([2H])c([2H])c(-c2c([2H])c([2H])c(-c3c4c([2H])c([2H])c([2H])c([2H])c4c(-c4c([2H])c([2H])c([2H])c5oc6c7c([2H])c([2H])c([2H])c([2H])c7c([2H])c([2H])c6c45)c4c([2H])c([2H])c([2H])c([2H])c34)c([2H])c2[2H])c([2H])c1[2H]. The van der Waals surface area contributed by atoms with Crippen molar-refractivity contribution in [2.24, 2.45) is 0 Å². The normalized spacial score (nSPS) is 20.2. The number of hydrogen-bond donors (Lipinski definition) is 0. The highest BCUT2D eigenvalue weighted by molar-refractivity contribution is 6.29. The molecule has 0 unspecified atom stereocenters. The van der Waals surface area contributed by atoms with Gasteiger partial charge >= 0.3 is 0 Å². The Labute approximate surface area is 610 Å². The lowest BCUT2D eigenvalue weighted by molar-refractivity contribution is 0.672. The summed E-state index contributed by atoms with van der Waals surface area (Å²) in [5.41, 5.74) is -14.1. The maximum absolute atomic E-state index is 9.98. The molecule has 92 heavy (non-hydrogen) atoms. The van der Waals surface area contributed by atoms with Gasteiger partial charge in [-0.3, -0.25) is 0 Å². The highest BCUT2D eigenvalue weighted by Gasteiger charge is 2.24. The maximum atomic E-state index is 9.98. The topological polar surface area (TPSA) is 26.3 Å². The lowest BCUT2D eigenvalue weighted by Gasteiger charge is -2.19. The Kier molecular flexibility index (Phi) is 5.06. The molecule has 19 aromatic rings. The van der Waals surface area contributed by atoms with E-state index in [0.717, 1.165) is 0 Å². The number of fused-ring (bicyclic) bond motifs is 14. The zero-order chi connectivity index (χ0) is 109. The molecule has 0 aliphatic heterocycles. The molecule has 0 saturated heterocycles. The lowest BCUT2D eigenvalue weighted by atomic mass is 9.83. The van der Waals surface area contributed by atoms with Crippen molar-refractivity contribution in [1.82, 2.24) is 0 Å². The zero-order valence-corrected chi connectivity index (χ0v) is 45.8. The van der Waals surface area contributed by atoms with Crippen LogP contribution in [0.4, 0.5) is 0 Å². The molecule has 0 fully saturated rings. The van der Waals surface area contributed by atoms with E-state index in [2.05, 4.69) is 0 Å². The lowest BCUT2D eigenvalue weighted by Crippen LogP contribution is -1.92. The summed E-state index contributed by atoms with van der Waals surface area (Å²) in [7, 11) is 0. The molecule has 0 spiro atoms. The summed E-state index contributed by atoms with van der Waals surface area (Å²) >= 11 is 0. The summed E-state index contributed by atoms with van der Waals surface area (Å²) in [5, 5.41) is -10.3. The van der Waals surface area contributed by atoms with Crippen LogP contribution in [-0.2, 0) is 0 Å². The number of furan rings is 2. The first kappa shape index (κ1) is 21.3. The minimum Gasteiger partial charge on any atom is -0.455 e. The fourth-order valence-corrected chi connectivity index (χ4v) is 11.1. The van der Waals surface area contributed by atoms with Crippen LogP contribution in [0.25, 0.3) is 186 Å². The molecule has 2 heterocycles. The second-order valence-electron chi connectivity index (χ2n) is 19.8. The van der Waals surface area contributed by atoms with Crippen LogP contribution >= 0.6 is 0 Å². The van der Waals surface area contributed by atoms with Gasteiger partial charge in [-0.05, 0) is 174 Å². The van der Waals surface area contributed by atoms with Gasteiger partial charge in [0.25, 0.3) is 0 Å². The van der Waals surface area contributed by atoms with Crippen LogP contribution in [0.15, 0.2) is 347 Å². The van der Waals surface area contributed by atoms with Crippen LogP contribution in [0.5, 0.6) is 0 Å². The third-order valence-electron chi connectivity index (χ3n) is 14.9. The van der Waals surface area contributed by atoms with Crippen LogP contribution in [-0.4, -0.2) is 0 Å². The van der Waals surface area contributed by atoms with Gasteiger partial charge < -0.3 is 8.83 Å². The number of hydrogen-bond acceptors (Lipinski definition) is 2. The summed E-state index contributed by atoms with van der Waals surface area (Å²) in [4.78, 5) is 0. The third-order valence-corrected chi connectivity index (χ3v) is 14.9. The molecule has 0 N–H and O–H groups in total. The van der Waals surface area contributed by atoms with E-state index in [1.165, 1.54) is 0 Å². The second-order valence-corrected chi connectivity index (χ2v) is 19.8. The van der Waals surface area contributed by atoms with E-state index in [9.17, 15) is 26.0 Å². The van der Waals surface area contributed by atoms with E-state index in [1.807, 2.05) is 0 Å². The summed E-state index contributed by atoms with van der Waals surface area (Å²) < 4.78 is 515. The van der Waals surface area contributed by atoms with Crippen LogP contribution in [0, 0.1) is 0 Å². The standard InChI is InChI=1S/C48H30O.C42H26O/c1-3-14-31(15-4-1)34-28-35(32-16-5-2-6-17-32)30-36(29-34)45-38-20-9-11-22-40(38)46(41-23-12-10-21-39(41)45)42-24-13-25-44-47(42)43-27-26-33-18-7-8-19-37(33)48(43)49-44;1-2-11-27(12-3-1)28-21-23-30(24-22-28)39-32-15-6-8-17-34(32)40(35-18-9-7-16-33(35)39)36-19-10-20-38-41(36)37-26-25-29-13-4-5-14-31(29)42(37)43-38/h1-30H;1-26H/i1D,2D,3D,4D,5D,6D,7D,8D,9D,10D,11D,12D,13D,14D,15D,16D,17D,18D,19D,20D,21D,22D,23D,24D,25D,26D,27D,28D,29D,30D;1D,2D,3D,4D,5D,6D,7D,8D,9D,10D,11D,12D,13D,14D,15D,16D,17D,18D,19D,20D,21D,22D,23D,24D,25D,26D. The van der Waals surface area contributed by atoms with Gasteiger partial charge in [-0.2, -0.15) is 0 Å². The first-order chi connectivity index (χ1) is 69.0. The smallest absolute Gasteiger partial charge is 0.143 e. The monoisotopic (exact) mass is 1220 g/mol. The quantitative estimate of drug-likeness (QED) is 0.149. The molecular weight excluding hydrogens is 1110 g/mol. The van der Waals surface area contributed by atoms with Crippen LogP contribution < -0.4 is 0 Å². The minimum absolute atomic E-state index is 0.444. The highest BCUT2D eigenvalue weighted by Crippen LogP contribution is 2.51. The summed E-state index contributed by atoms with van der Waals surface area (Å²) in [5.74, 6) is 0. The van der Waals surface area contributed by atoms with Gasteiger partial charge in [0, 0.05) is 32.3 Å². The zero-order valence-electron chi connectivity index (χ0n) is 102. The molecule has 0 bridgehead atoms. The predicted octanol–water partition coefficient (Wildman–Crippen LogP) is 25.8. The Hall–Kier alpha value is -12.1. The van der Waals surface area contributed by atoms with Crippen LogP contribution in [0.2, 0.25) is 0 Å². The van der Waals surface area contributed by atoms with Crippen molar-refractivity contribution in [2.45, 2.75) is 0 Å². The summed E-state index contributed by atoms with van der Waals surface area (Å²) in [6.07, 6.45) is 0. The molecule has 17 aromatic carbocycles. The maximum Gasteiger partial charge on any atom is 0.143 e. The van der Waals surface area contributed by atoms with E-state index in [-0.39, 0.29) is 0 Å². The molecule has 0 saturated carbocycles. The van der Waals surface area contributed by atoms with E-state index in [4.69, 9.17) is 59.6 Å². The van der Waals surface area contributed by atoms with Crippen molar-refractivity contribution < 1.29 is 85.6 Å².